The number of para-hydroxylation sites is 1. The van der Waals surface area contributed by atoms with E-state index in [1.165, 1.54) is 118 Å². The Kier molecular flexibility index (Phi) is 54.1. The van der Waals surface area contributed by atoms with Gasteiger partial charge in [-0.15, -0.1) is 0 Å². The molecule has 10 aliphatic rings. The lowest BCUT2D eigenvalue weighted by atomic mass is 10.0. The molecule has 746 valence electrons. The third-order valence-corrected chi connectivity index (χ3v) is 24.7. The summed E-state index contributed by atoms with van der Waals surface area (Å²) in [6, 6.07) is 89.2. The Labute approximate surface area is 842 Å². The number of aliphatic hydroxyl groups is 3. The number of aliphatic hydroxyl groups excluding tert-OH is 3. The molecule has 0 amide bonds. The zero-order chi connectivity index (χ0) is 91.1. The van der Waals surface area contributed by atoms with Crippen molar-refractivity contribution < 1.29 is 80.2 Å². The SMILES string of the molecule is C1=[N+](Cc2ccccc2)CCc2ccccc21.C1=[N+](c2ccccc2)CCc2ccccc21.C=CC[N+]1=Cc2ccccc2CC1.CC(=O)CC[N+]1=Cc2ccccc2CC1.COc1cc2c(cc1OC)CC[N+](CCCO)=C2.C[N+]1=Cc2cc3c(cc2CC1)OCO3.C[N+]1=Cc2ccccc2CC1.OCCC[N+]1=Cc2ccccc2CC1.OCC[N+]1=Cc2ccccc2CC1.[CH3-].[CH3-].[CH3-].[CH3-].[CH3-].[CH3-].[CH3-].[CH3-].[CH3-]. The molecule has 0 unspecified atom stereocenters. The molecule has 3 N–H and O–H groups in total. The summed E-state index contributed by atoms with van der Waals surface area (Å²) < 4.78 is 41.7. The number of β-amino-alcohol motifs (C(OH)–C–C–N with tert-alkyl or cyclic N) is 1. The van der Waals surface area contributed by atoms with Crippen LogP contribution in [0.25, 0.3) is 0 Å². The van der Waals surface area contributed by atoms with E-state index in [2.05, 4.69) is 360 Å². The zero-order valence-corrected chi connectivity index (χ0v) is 86.6. The quantitative estimate of drug-likeness (QED) is 0.0438. The summed E-state index contributed by atoms with van der Waals surface area (Å²) in [6.07, 6.45) is 34.0. The van der Waals surface area contributed by atoms with Crippen LogP contribution in [-0.4, -0.2) is 265 Å². The van der Waals surface area contributed by atoms with Crippen molar-refractivity contribution in [1.82, 2.24) is 0 Å². The van der Waals surface area contributed by atoms with E-state index in [1.54, 1.807) is 21.1 Å². The molecule has 11 aromatic rings. The first-order chi connectivity index (χ1) is 64.3. The number of hydrogen-bond donors (Lipinski definition) is 3. The molecule has 0 atom stereocenters. The number of carbonyl (C=O) groups is 1. The monoisotopic (exact) mass is 1890 g/mol. The van der Waals surface area contributed by atoms with E-state index in [0.717, 1.165) is 185 Å². The number of ether oxygens (including phenoxy) is 4. The van der Waals surface area contributed by atoms with Crippen molar-refractivity contribution in [3.05, 3.63) is 440 Å². The Balaban J connectivity index is 0.000000327. The molecule has 140 heavy (non-hydrogen) atoms. The van der Waals surface area contributed by atoms with Crippen LogP contribution in [-0.2, 0) is 69.1 Å². The Bertz CT molecular complexity index is 5960. The largest absolute Gasteiger partial charge is 0.493 e. The van der Waals surface area contributed by atoms with Crippen molar-refractivity contribution in [3.63, 3.8) is 0 Å². The number of carbonyl (C=O) groups excluding carboxylic acids is 1. The summed E-state index contributed by atoms with van der Waals surface area (Å²) in [5, 5.41) is 26.4. The standard InChI is InChI=1S/C16H16N.C15H14N.C14H20NO3.C13H16NO.C12H16NO.C12H14N.C11H12NO2.C11H14NO.C10H12N.9CH3/c1-2-6-14(7-3-1)12-17-11-10-15-8-4-5-9-16(15)13-17;1-2-8-15(9-3-1)16-11-10-13-6-4-5-7-14(13)12-16;1-17-13-8-11-4-6-15(5-3-7-16)10-12(11)9-14(13)18-2;1-11(15)6-8-14-9-7-12-4-2-3-5-13(12)10-14;14-9-3-7-13-8-6-11-4-1-2-5-12(11)10-13;1-2-8-13-9-7-11-5-3-4-6-12(11)10-13;1-12-3-2-8-4-10-11(14-7-13-10)5-9(8)6-12;13-8-7-12-6-5-10-3-1-2-4-11(10)9-12;1-11-7-6-9-4-2-3-5-10(9)8-11;;;;;;;;;/h1-9,13H,10-12H2;1-9,12H,10-11H2;8-10,16H,3-7H2,1-2H3;2-5,10H,6-9H2,1H3;1-2,4-5,10,14H,3,6-9H2;2-6,10H,1,7-9H2;4-6H,2-3,7H2,1H3;1-4,9,13H,5-8H2;2-5,8H,6-7H2,1H3;9*1H3/q9*+1;9*-1. The summed E-state index contributed by atoms with van der Waals surface area (Å²) in [4.78, 5) is 10.9. The van der Waals surface area contributed by atoms with E-state index < -0.39 is 0 Å². The minimum atomic E-state index is 0. The molecule has 17 heteroatoms. The van der Waals surface area contributed by atoms with E-state index in [4.69, 9.17) is 34.3 Å². The molecule has 0 saturated heterocycles. The predicted molar refractivity (Wildman–Crippen MR) is 589 cm³/mol. The maximum Gasteiger partial charge on any atom is 0.231 e. The number of benzene rings is 11. The average Bonchev–Trinajstić information content (AvgIpc) is 1.56. The second-order valence-corrected chi connectivity index (χ2v) is 34.3. The van der Waals surface area contributed by atoms with Crippen molar-refractivity contribution in [2.75, 3.05) is 147 Å². The Hall–Kier alpha value is -13.1. The zero-order valence-electron chi connectivity index (χ0n) is 86.6. The van der Waals surface area contributed by atoms with Crippen molar-refractivity contribution in [1.29, 1.82) is 0 Å². The molecule has 0 saturated carbocycles. The number of methoxy groups -OCH3 is 2. The van der Waals surface area contributed by atoms with Gasteiger partial charge < -0.3 is 101 Å². The van der Waals surface area contributed by atoms with E-state index in [0.29, 0.717) is 13.2 Å². The fourth-order valence-electron chi connectivity index (χ4n) is 17.4. The van der Waals surface area contributed by atoms with Crippen LogP contribution < -0.4 is 18.9 Å². The number of ketones is 1. The molecular formula is C123H161N9O8. The van der Waals surface area contributed by atoms with Gasteiger partial charge in [0.25, 0.3) is 0 Å². The number of hydrogen-bond acceptors (Lipinski definition) is 8. The van der Waals surface area contributed by atoms with Gasteiger partial charge in [-0.05, 0) is 130 Å². The number of fused-ring (bicyclic) bond motifs is 10. The van der Waals surface area contributed by atoms with Gasteiger partial charge in [0.2, 0.25) is 12.5 Å². The van der Waals surface area contributed by atoms with Crippen LogP contribution in [0, 0.1) is 66.8 Å². The van der Waals surface area contributed by atoms with Gasteiger partial charge in [-0.2, -0.15) is 4.58 Å². The van der Waals surface area contributed by atoms with Crippen LogP contribution in [0.3, 0.4) is 0 Å². The van der Waals surface area contributed by atoms with E-state index in [-0.39, 0.29) is 92.4 Å². The second kappa shape index (κ2) is 63.5. The topological polar surface area (TPSA) is 142 Å². The maximum atomic E-state index is 10.9. The first-order valence-corrected chi connectivity index (χ1v) is 46.8. The molecule has 0 radical (unpaired) electrons. The van der Waals surface area contributed by atoms with Crippen molar-refractivity contribution >= 4 is 67.4 Å². The number of nitrogens with zero attached hydrogens (tertiary/aromatic N) is 9. The summed E-state index contributed by atoms with van der Waals surface area (Å²) in [6.45, 7) is 21.6. The number of likely N-dealkylation sites (N-methyl/N-ethyl adjacent to an activating group) is 2. The molecular weight excluding hydrogens is 1730 g/mol. The molecule has 0 aliphatic carbocycles. The summed E-state index contributed by atoms with van der Waals surface area (Å²) in [5.41, 5.74) is 27.2. The van der Waals surface area contributed by atoms with E-state index in [9.17, 15) is 4.79 Å². The van der Waals surface area contributed by atoms with Gasteiger partial charge in [-0.1, -0.05) is 183 Å². The first-order valence-electron chi connectivity index (χ1n) is 46.8. The summed E-state index contributed by atoms with van der Waals surface area (Å²) >= 11 is 0. The van der Waals surface area contributed by atoms with Crippen LogP contribution in [0.4, 0.5) is 5.69 Å². The van der Waals surface area contributed by atoms with Gasteiger partial charge in [0.05, 0.1) is 20.6 Å². The third-order valence-electron chi connectivity index (χ3n) is 24.7. The first kappa shape index (κ1) is 119. The van der Waals surface area contributed by atoms with Crippen LogP contribution in [0.1, 0.15) is 132 Å². The molecule has 0 fully saturated rings. The fraction of sp³-hybridized carbons (Fsp3) is 0.293. The molecule has 0 spiro atoms. The fourth-order valence-corrected chi connectivity index (χ4v) is 17.4. The second-order valence-electron chi connectivity index (χ2n) is 34.3. The molecule has 0 aromatic heterocycles. The van der Waals surface area contributed by atoms with Crippen LogP contribution in [0.5, 0.6) is 23.0 Å². The van der Waals surface area contributed by atoms with Gasteiger partial charge in [0.15, 0.2) is 105 Å². The minimum absolute atomic E-state index is 0. The van der Waals surface area contributed by atoms with Crippen molar-refractivity contribution in [2.24, 2.45) is 0 Å². The van der Waals surface area contributed by atoms with Gasteiger partial charge in [-0.3, -0.25) is 4.79 Å². The summed E-state index contributed by atoms with van der Waals surface area (Å²) in [7, 11) is 7.52. The molecule has 10 aliphatic heterocycles. The van der Waals surface area contributed by atoms with E-state index in [1.807, 2.05) is 18.2 Å². The smallest absolute Gasteiger partial charge is 0.231 e. The van der Waals surface area contributed by atoms with E-state index >= 15 is 0 Å². The normalized spacial score (nSPS) is 13.8. The van der Waals surface area contributed by atoms with Crippen LogP contribution in [0.15, 0.2) is 267 Å². The maximum absolute atomic E-state index is 10.9. The Morgan fingerprint density at radius 3 is 1.07 bits per heavy atom. The lowest BCUT2D eigenvalue weighted by molar-refractivity contribution is -0.540. The van der Waals surface area contributed by atoms with Gasteiger partial charge in [-0.25, -0.2) is 36.6 Å². The Morgan fingerprint density at radius 2 is 0.643 bits per heavy atom. The third kappa shape index (κ3) is 36.3. The van der Waals surface area contributed by atoms with Gasteiger partial charge in [0.1, 0.15) is 98.5 Å². The molecule has 21 rings (SSSR count). The average molecular weight is 1890 g/mol. The van der Waals surface area contributed by atoms with Crippen molar-refractivity contribution in [2.45, 2.75) is 90.5 Å². The Morgan fingerprint density at radius 1 is 0.329 bits per heavy atom. The highest BCUT2D eigenvalue weighted by Gasteiger charge is 2.25. The minimum Gasteiger partial charge on any atom is -0.493 e. The highest BCUT2D eigenvalue weighted by molar-refractivity contribution is 5.84. The lowest BCUT2D eigenvalue weighted by Crippen LogP contribution is -2.25. The number of Topliss-reactive ketones (excluding diaryl/α,β-unsaturated/α-hetero) is 1. The summed E-state index contributed by atoms with van der Waals surface area (Å²) in [5.74, 6) is 3.57. The highest BCUT2D eigenvalue weighted by Crippen LogP contribution is 2.36. The van der Waals surface area contributed by atoms with Crippen molar-refractivity contribution in [3.8, 4) is 23.0 Å². The van der Waals surface area contributed by atoms with Gasteiger partial charge >= 0.3 is 0 Å². The predicted octanol–water partition coefficient (Wildman–Crippen LogP) is 18.6. The van der Waals surface area contributed by atoms with Gasteiger partial charge in [0, 0.05) is 152 Å². The molecule has 11 aromatic carbocycles. The number of rotatable bonds is 18. The lowest BCUT2D eigenvalue weighted by Gasteiger charge is -2.15. The molecule has 17 nitrogen and oxygen atoms in total. The molecule has 0 bridgehead atoms. The molecule has 10 heterocycles. The highest BCUT2D eigenvalue weighted by atomic mass is 16.7. The van der Waals surface area contributed by atoms with Crippen LogP contribution >= 0.6 is 0 Å². The van der Waals surface area contributed by atoms with Crippen LogP contribution in [0.2, 0.25) is 0 Å².